The first-order chi connectivity index (χ1) is 13.5. The Hall–Kier alpha value is -3.39. The maximum absolute atomic E-state index is 12.4. The standard InChI is InChI=1S/C20H17N3O4S/c1-11-18(28-20(21-11)13-3-6-15(24)7-4-13)12(2)22-23-19(25)14-5-8-16-17(9-14)27-10-26-16/h3-9,24H,10H2,1-2H3,(H,23,25)/b22-12+. The zero-order valence-electron chi connectivity index (χ0n) is 15.2. The first-order valence-corrected chi connectivity index (χ1v) is 9.34. The number of amides is 1. The van der Waals surface area contributed by atoms with Crippen LogP contribution in [0.15, 0.2) is 47.6 Å². The molecule has 1 aliphatic heterocycles. The number of benzene rings is 2. The molecule has 142 valence electrons. The summed E-state index contributed by atoms with van der Waals surface area (Å²) >= 11 is 1.48. The fraction of sp³-hybridized carbons (Fsp3) is 0.150. The van der Waals surface area contributed by atoms with Crippen molar-refractivity contribution in [3.8, 4) is 27.8 Å². The maximum Gasteiger partial charge on any atom is 0.271 e. The van der Waals surface area contributed by atoms with Crippen molar-refractivity contribution in [3.63, 3.8) is 0 Å². The van der Waals surface area contributed by atoms with E-state index in [-0.39, 0.29) is 18.4 Å². The summed E-state index contributed by atoms with van der Waals surface area (Å²) in [6, 6.07) is 11.9. The lowest BCUT2D eigenvalue weighted by atomic mass is 10.2. The van der Waals surface area contributed by atoms with Crippen LogP contribution in [0.4, 0.5) is 0 Å². The molecule has 1 aromatic heterocycles. The Morgan fingerprint density at radius 1 is 1.18 bits per heavy atom. The molecule has 1 aliphatic rings. The Labute approximate surface area is 165 Å². The highest BCUT2D eigenvalue weighted by Gasteiger charge is 2.17. The second-order valence-electron chi connectivity index (χ2n) is 6.19. The Morgan fingerprint density at radius 2 is 1.93 bits per heavy atom. The maximum atomic E-state index is 12.4. The van der Waals surface area contributed by atoms with Crippen molar-refractivity contribution in [3.05, 3.63) is 58.6 Å². The molecule has 8 heteroatoms. The molecular weight excluding hydrogens is 378 g/mol. The third-order valence-corrected chi connectivity index (χ3v) is 5.51. The van der Waals surface area contributed by atoms with E-state index in [2.05, 4.69) is 15.5 Å². The number of phenols is 1. The predicted molar refractivity (Wildman–Crippen MR) is 106 cm³/mol. The van der Waals surface area contributed by atoms with Gasteiger partial charge < -0.3 is 14.6 Å². The number of rotatable bonds is 4. The van der Waals surface area contributed by atoms with Gasteiger partial charge in [0.1, 0.15) is 10.8 Å². The van der Waals surface area contributed by atoms with E-state index in [4.69, 9.17) is 9.47 Å². The van der Waals surface area contributed by atoms with Gasteiger partial charge in [0.2, 0.25) is 6.79 Å². The van der Waals surface area contributed by atoms with Crippen LogP contribution >= 0.6 is 11.3 Å². The fourth-order valence-corrected chi connectivity index (χ4v) is 3.76. The molecule has 0 unspecified atom stereocenters. The van der Waals surface area contributed by atoms with E-state index >= 15 is 0 Å². The SMILES string of the molecule is C/C(=N\NC(=O)c1ccc2c(c1)OCO2)c1sc(-c2ccc(O)cc2)nc1C. The number of hydrogen-bond acceptors (Lipinski definition) is 7. The van der Waals surface area contributed by atoms with Crippen LogP contribution in [0.25, 0.3) is 10.6 Å². The van der Waals surface area contributed by atoms with Crippen molar-refractivity contribution < 1.29 is 19.4 Å². The molecule has 4 rings (SSSR count). The van der Waals surface area contributed by atoms with E-state index in [0.29, 0.717) is 22.8 Å². The van der Waals surface area contributed by atoms with Gasteiger partial charge in [-0.1, -0.05) is 0 Å². The van der Waals surface area contributed by atoms with Crippen molar-refractivity contribution in [1.82, 2.24) is 10.4 Å². The summed E-state index contributed by atoms with van der Waals surface area (Å²) in [4.78, 5) is 17.8. The number of hydrogen-bond donors (Lipinski definition) is 2. The van der Waals surface area contributed by atoms with Crippen molar-refractivity contribution in [2.24, 2.45) is 5.10 Å². The van der Waals surface area contributed by atoms with E-state index in [1.807, 2.05) is 26.0 Å². The molecule has 2 heterocycles. The summed E-state index contributed by atoms with van der Waals surface area (Å²) in [5.74, 6) is 1.04. The topological polar surface area (TPSA) is 93.0 Å². The van der Waals surface area contributed by atoms with E-state index in [0.717, 1.165) is 21.1 Å². The van der Waals surface area contributed by atoms with Crippen molar-refractivity contribution in [2.75, 3.05) is 6.79 Å². The first-order valence-electron chi connectivity index (χ1n) is 8.53. The van der Waals surface area contributed by atoms with Crippen LogP contribution in [0.5, 0.6) is 17.2 Å². The Bertz CT molecular complexity index is 1070. The number of nitrogens with one attached hydrogen (secondary N) is 1. The molecular formula is C20H17N3O4S. The number of aromatic nitrogens is 1. The molecule has 28 heavy (non-hydrogen) atoms. The third-order valence-electron chi connectivity index (χ3n) is 4.20. The lowest BCUT2D eigenvalue weighted by molar-refractivity contribution is 0.0954. The number of carbonyl (C=O) groups excluding carboxylic acids is 1. The number of aromatic hydroxyl groups is 1. The highest BCUT2D eigenvalue weighted by atomic mass is 32.1. The second kappa shape index (κ2) is 7.32. The van der Waals surface area contributed by atoms with E-state index in [9.17, 15) is 9.90 Å². The summed E-state index contributed by atoms with van der Waals surface area (Å²) in [5.41, 5.74) is 5.41. The average Bonchev–Trinajstić information content (AvgIpc) is 3.32. The lowest BCUT2D eigenvalue weighted by Crippen LogP contribution is -2.19. The number of thiazole rings is 1. The van der Waals surface area contributed by atoms with Gasteiger partial charge in [-0.15, -0.1) is 11.3 Å². The first kappa shape index (κ1) is 18.0. The zero-order valence-corrected chi connectivity index (χ0v) is 16.0. The Morgan fingerprint density at radius 3 is 2.71 bits per heavy atom. The quantitative estimate of drug-likeness (QED) is 0.519. The Kier molecular flexibility index (Phi) is 4.70. The molecule has 0 spiro atoms. The largest absolute Gasteiger partial charge is 0.508 e. The van der Waals surface area contributed by atoms with Gasteiger partial charge in [0, 0.05) is 11.1 Å². The van der Waals surface area contributed by atoms with E-state index < -0.39 is 0 Å². The van der Waals surface area contributed by atoms with Gasteiger partial charge in [-0.2, -0.15) is 5.10 Å². The fourth-order valence-electron chi connectivity index (χ4n) is 2.75. The molecule has 0 bridgehead atoms. The van der Waals surface area contributed by atoms with Gasteiger partial charge in [-0.25, -0.2) is 10.4 Å². The van der Waals surface area contributed by atoms with Crippen LogP contribution in [-0.2, 0) is 0 Å². The van der Waals surface area contributed by atoms with Gasteiger partial charge in [0.25, 0.3) is 5.91 Å². The summed E-state index contributed by atoms with van der Waals surface area (Å²) < 4.78 is 10.5. The average molecular weight is 395 g/mol. The van der Waals surface area contributed by atoms with E-state index in [1.165, 1.54) is 11.3 Å². The molecule has 1 amide bonds. The van der Waals surface area contributed by atoms with Gasteiger partial charge in [0.05, 0.1) is 16.3 Å². The number of hydrazone groups is 1. The molecule has 0 saturated heterocycles. The van der Waals surface area contributed by atoms with Crippen LogP contribution in [0, 0.1) is 6.92 Å². The normalized spacial score (nSPS) is 12.9. The molecule has 2 aromatic carbocycles. The molecule has 0 saturated carbocycles. The highest BCUT2D eigenvalue weighted by Crippen LogP contribution is 2.32. The van der Waals surface area contributed by atoms with Crippen LogP contribution in [0.2, 0.25) is 0 Å². The molecule has 0 aliphatic carbocycles. The summed E-state index contributed by atoms with van der Waals surface area (Å²) in [6.07, 6.45) is 0. The Balaban J connectivity index is 1.51. The number of ether oxygens (including phenoxy) is 2. The smallest absolute Gasteiger partial charge is 0.271 e. The number of aryl methyl sites for hydroxylation is 1. The predicted octanol–water partition coefficient (Wildman–Crippen LogP) is 3.71. The molecule has 0 radical (unpaired) electrons. The summed E-state index contributed by atoms with van der Waals surface area (Å²) in [7, 11) is 0. The van der Waals surface area contributed by atoms with Gasteiger partial charge >= 0.3 is 0 Å². The van der Waals surface area contributed by atoms with Crippen LogP contribution in [0.1, 0.15) is 27.9 Å². The minimum Gasteiger partial charge on any atom is -0.508 e. The highest BCUT2D eigenvalue weighted by molar-refractivity contribution is 7.17. The van der Waals surface area contributed by atoms with Crippen molar-refractivity contribution in [1.29, 1.82) is 0 Å². The molecule has 7 nitrogen and oxygen atoms in total. The van der Waals surface area contributed by atoms with Crippen molar-refractivity contribution >= 4 is 23.0 Å². The minimum atomic E-state index is -0.335. The molecule has 2 N–H and O–H groups in total. The number of carbonyl (C=O) groups is 1. The molecule has 0 atom stereocenters. The van der Waals surface area contributed by atoms with Crippen LogP contribution in [-0.4, -0.2) is 28.5 Å². The van der Waals surface area contributed by atoms with Crippen molar-refractivity contribution in [2.45, 2.75) is 13.8 Å². The van der Waals surface area contributed by atoms with Crippen LogP contribution in [0.3, 0.4) is 0 Å². The van der Waals surface area contributed by atoms with E-state index in [1.54, 1.807) is 30.3 Å². The van der Waals surface area contributed by atoms with Gasteiger partial charge in [-0.05, 0) is 56.3 Å². The number of phenolic OH excluding ortho intramolecular Hbond substituents is 1. The van der Waals surface area contributed by atoms with Gasteiger partial charge in [0.15, 0.2) is 11.5 Å². The molecule has 3 aromatic rings. The molecule has 0 fully saturated rings. The number of nitrogens with zero attached hydrogens (tertiary/aromatic N) is 2. The number of fused-ring (bicyclic) bond motifs is 1. The lowest BCUT2D eigenvalue weighted by Gasteiger charge is -2.03. The van der Waals surface area contributed by atoms with Gasteiger partial charge in [-0.3, -0.25) is 4.79 Å². The monoisotopic (exact) mass is 395 g/mol. The third kappa shape index (κ3) is 3.54. The minimum absolute atomic E-state index is 0.158. The second-order valence-corrected chi connectivity index (χ2v) is 7.19. The zero-order chi connectivity index (χ0) is 19.7. The summed E-state index contributed by atoms with van der Waals surface area (Å²) in [5, 5.41) is 14.5. The summed E-state index contributed by atoms with van der Waals surface area (Å²) in [6.45, 7) is 3.88. The van der Waals surface area contributed by atoms with Crippen LogP contribution < -0.4 is 14.9 Å².